The zero-order valence-electron chi connectivity index (χ0n) is 14.6. The Kier molecular flexibility index (Phi) is 5.32. The summed E-state index contributed by atoms with van der Waals surface area (Å²) in [6.45, 7) is 0.377. The summed E-state index contributed by atoms with van der Waals surface area (Å²) >= 11 is 0. The summed E-state index contributed by atoms with van der Waals surface area (Å²) in [5.74, 6) is -0.248. The minimum atomic E-state index is -0.508. The van der Waals surface area contributed by atoms with Crippen LogP contribution < -0.4 is 10.9 Å². The Bertz CT molecular complexity index is 873. The fourth-order valence-electron chi connectivity index (χ4n) is 3.12. The molecule has 1 fully saturated rings. The molecular weight excluding hydrogens is 332 g/mol. The van der Waals surface area contributed by atoms with Gasteiger partial charge in [-0.1, -0.05) is 30.3 Å². The summed E-state index contributed by atoms with van der Waals surface area (Å²) in [5, 5.41) is 11.6. The number of carbonyl (C=O) groups excluding carboxylic acids is 2. The van der Waals surface area contributed by atoms with Gasteiger partial charge in [0, 0.05) is 31.8 Å². The monoisotopic (exact) mass is 354 g/mol. The largest absolute Gasteiger partial charge is 0.396 e. The second-order valence-corrected chi connectivity index (χ2v) is 6.71. The van der Waals surface area contributed by atoms with E-state index < -0.39 is 11.5 Å². The highest BCUT2D eigenvalue weighted by atomic mass is 16.3. The minimum absolute atomic E-state index is 0.0382. The van der Waals surface area contributed by atoms with Crippen LogP contribution >= 0.6 is 0 Å². The van der Waals surface area contributed by atoms with Crippen LogP contribution in [-0.2, 0) is 6.54 Å². The van der Waals surface area contributed by atoms with Crippen LogP contribution in [0.1, 0.15) is 39.1 Å². The third kappa shape index (κ3) is 3.91. The molecule has 136 valence electrons. The van der Waals surface area contributed by atoms with Crippen molar-refractivity contribution < 1.29 is 14.7 Å². The number of pyridine rings is 1. The highest BCUT2D eigenvalue weighted by Gasteiger charge is 2.37. The molecule has 2 aromatic rings. The molecule has 26 heavy (non-hydrogen) atoms. The van der Waals surface area contributed by atoms with Gasteiger partial charge in [-0.25, -0.2) is 0 Å². The number of hydrogen-bond acceptors (Lipinski definition) is 4. The van der Waals surface area contributed by atoms with Gasteiger partial charge in [-0.2, -0.15) is 0 Å². The fraction of sp³-hybridized carbons (Fsp3) is 0.350. The Morgan fingerprint density at radius 2 is 1.96 bits per heavy atom. The molecule has 1 saturated carbocycles. The van der Waals surface area contributed by atoms with E-state index >= 15 is 0 Å². The molecule has 0 saturated heterocycles. The van der Waals surface area contributed by atoms with Crippen molar-refractivity contribution in [2.45, 2.75) is 19.4 Å². The molecule has 2 atom stereocenters. The topological polar surface area (TPSA) is 88.4 Å². The molecule has 0 radical (unpaired) electrons. The van der Waals surface area contributed by atoms with Crippen LogP contribution in [0.2, 0.25) is 0 Å². The van der Waals surface area contributed by atoms with Gasteiger partial charge in [0.05, 0.1) is 6.54 Å². The van der Waals surface area contributed by atoms with Crippen LogP contribution in [0.25, 0.3) is 0 Å². The molecule has 1 aliphatic carbocycles. The Morgan fingerprint density at radius 1 is 1.23 bits per heavy atom. The molecule has 1 aromatic heterocycles. The number of hydrogen-bond donors (Lipinski definition) is 2. The van der Waals surface area contributed by atoms with Crippen molar-refractivity contribution in [3.63, 3.8) is 0 Å². The van der Waals surface area contributed by atoms with Crippen molar-refractivity contribution >= 4 is 11.7 Å². The Morgan fingerprint density at radius 3 is 2.58 bits per heavy atom. The van der Waals surface area contributed by atoms with E-state index in [2.05, 4.69) is 5.32 Å². The predicted molar refractivity (Wildman–Crippen MR) is 97.3 cm³/mol. The number of amides is 1. The van der Waals surface area contributed by atoms with Gasteiger partial charge in [0.15, 0.2) is 5.78 Å². The van der Waals surface area contributed by atoms with Crippen molar-refractivity contribution in [1.82, 2.24) is 9.88 Å². The molecule has 2 N–H and O–H groups in total. The first kappa shape index (κ1) is 18.1. The van der Waals surface area contributed by atoms with Crippen molar-refractivity contribution in [1.29, 1.82) is 0 Å². The predicted octanol–water partition coefficient (Wildman–Crippen LogP) is 1.46. The standard InChI is InChI=1S/C20H22N2O4/c1-21-19(25)17-8-15(18(24)9-14-7-16(14)12-23)11-22(20(17)26)10-13-5-3-2-4-6-13/h2-6,8,11,14,16,23H,7,9-10,12H2,1H3,(H,21,25)/t14-,16-/m1/s1. The molecule has 3 rings (SSSR count). The fourth-order valence-corrected chi connectivity index (χ4v) is 3.12. The Labute approximate surface area is 151 Å². The van der Waals surface area contributed by atoms with Crippen molar-refractivity contribution in [2.24, 2.45) is 11.8 Å². The maximum absolute atomic E-state index is 12.6. The molecule has 1 amide bonds. The lowest BCUT2D eigenvalue weighted by atomic mass is 10.0. The molecule has 0 bridgehead atoms. The molecule has 6 heteroatoms. The lowest BCUT2D eigenvalue weighted by molar-refractivity contribution is 0.0961. The van der Waals surface area contributed by atoms with Gasteiger partial charge < -0.3 is 15.0 Å². The summed E-state index contributed by atoms with van der Waals surface area (Å²) < 4.78 is 1.41. The highest BCUT2D eigenvalue weighted by Crippen LogP contribution is 2.41. The van der Waals surface area contributed by atoms with Crippen LogP contribution in [0.5, 0.6) is 0 Å². The SMILES string of the molecule is CNC(=O)c1cc(C(=O)C[C@H]2C[C@@H]2CO)cn(Cc2ccccc2)c1=O. The zero-order chi connectivity index (χ0) is 18.7. The number of carbonyl (C=O) groups is 2. The second-order valence-electron chi connectivity index (χ2n) is 6.71. The van der Waals surface area contributed by atoms with E-state index in [0.29, 0.717) is 12.0 Å². The van der Waals surface area contributed by atoms with Crippen LogP contribution in [0.15, 0.2) is 47.4 Å². The van der Waals surface area contributed by atoms with E-state index in [-0.39, 0.29) is 36.3 Å². The molecule has 0 spiro atoms. The van der Waals surface area contributed by atoms with E-state index in [1.54, 1.807) is 0 Å². The number of benzene rings is 1. The van der Waals surface area contributed by atoms with Crippen LogP contribution in [0, 0.1) is 11.8 Å². The minimum Gasteiger partial charge on any atom is -0.396 e. The van der Waals surface area contributed by atoms with Crippen molar-refractivity contribution in [2.75, 3.05) is 13.7 Å². The number of aliphatic hydroxyl groups excluding tert-OH is 1. The van der Waals surface area contributed by atoms with Crippen LogP contribution in [-0.4, -0.2) is 35.0 Å². The maximum Gasteiger partial charge on any atom is 0.263 e. The number of rotatable bonds is 7. The normalized spacial score (nSPS) is 18.4. The smallest absolute Gasteiger partial charge is 0.263 e. The van der Waals surface area contributed by atoms with E-state index in [1.165, 1.54) is 23.9 Å². The third-order valence-electron chi connectivity index (χ3n) is 4.83. The van der Waals surface area contributed by atoms with E-state index in [1.807, 2.05) is 30.3 Å². The first-order chi connectivity index (χ1) is 12.5. The molecule has 0 aliphatic heterocycles. The second kappa shape index (κ2) is 7.66. The summed E-state index contributed by atoms with van der Waals surface area (Å²) in [5.41, 5.74) is 0.792. The Balaban J connectivity index is 1.93. The summed E-state index contributed by atoms with van der Waals surface area (Å²) in [7, 11) is 1.45. The number of ketones is 1. The summed E-state index contributed by atoms with van der Waals surface area (Å²) in [6, 6.07) is 10.8. The van der Waals surface area contributed by atoms with E-state index in [4.69, 9.17) is 5.11 Å². The lowest BCUT2D eigenvalue weighted by Crippen LogP contribution is -2.32. The van der Waals surface area contributed by atoms with Gasteiger partial charge in [0.25, 0.3) is 11.5 Å². The average Bonchev–Trinajstić information content (AvgIpc) is 3.41. The number of nitrogens with one attached hydrogen (secondary N) is 1. The van der Waals surface area contributed by atoms with Gasteiger partial charge >= 0.3 is 0 Å². The molecule has 6 nitrogen and oxygen atoms in total. The molecule has 0 unspecified atom stereocenters. The van der Waals surface area contributed by atoms with E-state index in [0.717, 1.165) is 12.0 Å². The molecule has 1 aromatic carbocycles. The van der Waals surface area contributed by atoms with Crippen molar-refractivity contribution in [3.8, 4) is 0 Å². The zero-order valence-corrected chi connectivity index (χ0v) is 14.6. The molecule has 1 heterocycles. The lowest BCUT2D eigenvalue weighted by Gasteiger charge is -2.11. The van der Waals surface area contributed by atoms with Crippen molar-refractivity contribution in [3.05, 3.63) is 69.6 Å². The number of aromatic nitrogens is 1. The van der Waals surface area contributed by atoms with Gasteiger partial charge in [-0.05, 0) is 29.9 Å². The first-order valence-electron chi connectivity index (χ1n) is 8.68. The van der Waals surface area contributed by atoms with Gasteiger partial charge in [0.1, 0.15) is 5.56 Å². The number of Topliss-reactive ketones (excluding diaryl/α,β-unsaturated/α-hetero) is 1. The Hall–Kier alpha value is -2.73. The van der Waals surface area contributed by atoms with Gasteiger partial charge in [0.2, 0.25) is 0 Å². The van der Waals surface area contributed by atoms with Crippen LogP contribution in [0.4, 0.5) is 0 Å². The highest BCUT2D eigenvalue weighted by molar-refractivity contribution is 6.00. The van der Waals surface area contributed by atoms with Crippen LogP contribution in [0.3, 0.4) is 0 Å². The third-order valence-corrected chi connectivity index (χ3v) is 4.83. The quantitative estimate of drug-likeness (QED) is 0.737. The number of nitrogens with zero attached hydrogens (tertiary/aromatic N) is 1. The molecule has 1 aliphatic rings. The van der Waals surface area contributed by atoms with Gasteiger partial charge in [-0.15, -0.1) is 0 Å². The number of aliphatic hydroxyl groups is 1. The summed E-state index contributed by atoms with van der Waals surface area (Å²) in [4.78, 5) is 37.3. The van der Waals surface area contributed by atoms with E-state index in [9.17, 15) is 14.4 Å². The van der Waals surface area contributed by atoms with Gasteiger partial charge in [-0.3, -0.25) is 14.4 Å². The summed E-state index contributed by atoms with van der Waals surface area (Å²) in [6.07, 6.45) is 2.69. The average molecular weight is 354 g/mol. The maximum atomic E-state index is 12.6. The molecular formula is C20H22N2O4. The first-order valence-corrected chi connectivity index (χ1v) is 8.68.